The zero-order chi connectivity index (χ0) is 50.6. The number of carbonyl (C=O) groups excluding carboxylic acids is 2. The number of piperidine rings is 2. The van der Waals surface area contributed by atoms with Crippen molar-refractivity contribution in [3.63, 3.8) is 0 Å². The predicted octanol–water partition coefficient (Wildman–Crippen LogP) is 14.7. The number of hydrogen-bond acceptors (Lipinski definition) is 8. The maximum Gasteiger partial charge on any atom is 0.314 e. The molecule has 4 fully saturated rings. The van der Waals surface area contributed by atoms with Crippen LogP contribution in [0.1, 0.15) is 242 Å². The van der Waals surface area contributed by atoms with E-state index in [9.17, 15) is 29.4 Å². The molecule has 0 saturated carbocycles. The third kappa shape index (κ3) is 25.6. The number of nitrogens with zero attached hydrogens (tertiary/aromatic N) is 2. The predicted molar refractivity (Wildman–Crippen MR) is 285 cm³/mol. The number of ether oxygens (including phenoxy) is 2. The largest absolute Gasteiger partial charge is 0.481 e. The van der Waals surface area contributed by atoms with Gasteiger partial charge in [-0.3, -0.25) is 19.2 Å². The third-order valence-corrected chi connectivity index (χ3v) is 15.4. The van der Waals surface area contributed by atoms with Crippen molar-refractivity contribution in [3.05, 3.63) is 71.8 Å². The molecule has 6 atom stereocenters. The Labute approximate surface area is 425 Å². The molecule has 2 aromatic carbocycles. The minimum Gasteiger partial charge on any atom is -0.481 e. The Balaban J connectivity index is 0.000000272. The molecular weight excluding hydrogens is 877 g/mol. The van der Waals surface area contributed by atoms with Gasteiger partial charge >= 0.3 is 23.9 Å². The quantitative estimate of drug-likeness (QED) is 0.0576. The Morgan fingerprint density at radius 3 is 0.971 bits per heavy atom. The van der Waals surface area contributed by atoms with Crippen LogP contribution >= 0.6 is 0 Å². The summed E-state index contributed by atoms with van der Waals surface area (Å²) in [6, 6.07) is 21.6. The summed E-state index contributed by atoms with van der Waals surface area (Å²) in [5.41, 5.74) is 1.32. The number of benzene rings is 2. The minimum absolute atomic E-state index is 0.101. The summed E-state index contributed by atoms with van der Waals surface area (Å²) in [7, 11) is 4.59. The summed E-state index contributed by atoms with van der Waals surface area (Å²) in [6.07, 6.45) is 39.8. The molecule has 10 heteroatoms. The van der Waals surface area contributed by atoms with Gasteiger partial charge < -0.3 is 29.5 Å². The second kappa shape index (κ2) is 37.9. The molecule has 4 aliphatic heterocycles. The highest BCUT2D eigenvalue weighted by atomic mass is 16.5. The van der Waals surface area contributed by atoms with Crippen LogP contribution < -0.4 is 0 Å². The number of carbonyl (C=O) groups is 4. The Morgan fingerprint density at radius 1 is 0.443 bits per heavy atom. The Bertz CT molecular complexity index is 1600. The van der Waals surface area contributed by atoms with Crippen LogP contribution in [0.25, 0.3) is 0 Å². The van der Waals surface area contributed by atoms with E-state index in [1.165, 1.54) is 154 Å². The first-order valence-electron chi connectivity index (χ1n) is 28.4. The van der Waals surface area contributed by atoms with Gasteiger partial charge in [0.05, 0.1) is 0 Å². The fourth-order valence-corrected chi connectivity index (χ4v) is 10.8. The van der Waals surface area contributed by atoms with Gasteiger partial charge in [-0.05, 0) is 89.4 Å². The Morgan fingerprint density at radius 2 is 0.714 bits per heavy atom. The first-order valence-corrected chi connectivity index (χ1v) is 28.4. The Hall–Kier alpha value is -3.76. The molecular formula is C60H98N2O8. The lowest BCUT2D eigenvalue weighted by Crippen LogP contribution is -2.35. The number of hydrogen-bond donors (Lipinski definition) is 2. The van der Waals surface area contributed by atoms with E-state index in [1.807, 2.05) is 12.1 Å². The molecule has 4 heterocycles. The maximum absolute atomic E-state index is 11.8. The molecule has 0 radical (unpaired) electrons. The van der Waals surface area contributed by atoms with Crippen LogP contribution in [0.3, 0.4) is 0 Å². The fourth-order valence-electron chi connectivity index (χ4n) is 10.8. The first-order chi connectivity index (χ1) is 34.0. The smallest absolute Gasteiger partial charge is 0.314 e. The van der Waals surface area contributed by atoms with Crippen LogP contribution in [-0.4, -0.2) is 95.4 Å². The van der Waals surface area contributed by atoms with Gasteiger partial charge in [-0.25, -0.2) is 0 Å². The molecule has 6 unspecified atom stereocenters. The number of carboxylic acids is 2. The number of fused-ring (bicyclic) bond motifs is 4. The number of aliphatic carboxylic acids is 2. The summed E-state index contributed by atoms with van der Waals surface area (Å²) in [5, 5.41) is 18.6. The first kappa shape index (κ1) is 60.5. The number of carboxylic acid groups (broad SMARTS) is 2. The van der Waals surface area contributed by atoms with Crippen LogP contribution in [0.4, 0.5) is 0 Å². The molecule has 2 aromatic rings. The van der Waals surface area contributed by atoms with E-state index in [-0.39, 0.29) is 25.2 Å². The van der Waals surface area contributed by atoms with E-state index in [1.54, 1.807) is 48.5 Å². The lowest BCUT2D eigenvalue weighted by atomic mass is 10.0. The molecule has 0 aliphatic carbocycles. The van der Waals surface area contributed by atoms with Crippen molar-refractivity contribution >= 4 is 23.9 Å². The second-order valence-electron chi connectivity index (χ2n) is 20.8. The third-order valence-electron chi connectivity index (χ3n) is 15.4. The average Bonchev–Trinajstić information content (AvgIpc) is 3.63. The topological polar surface area (TPSA) is 134 Å². The highest BCUT2D eigenvalue weighted by Gasteiger charge is 2.34. The van der Waals surface area contributed by atoms with Crippen molar-refractivity contribution in [2.24, 2.45) is 0 Å². The summed E-state index contributed by atoms with van der Waals surface area (Å²) >= 11 is 0. The van der Waals surface area contributed by atoms with Crippen LogP contribution in [0.15, 0.2) is 60.7 Å². The normalized spacial score (nSPS) is 20.1. The molecule has 396 valence electrons. The van der Waals surface area contributed by atoms with Gasteiger partial charge in [0.2, 0.25) is 0 Å². The highest BCUT2D eigenvalue weighted by Crippen LogP contribution is 2.34. The Kier molecular flexibility index (Phi) is 32.8. The van der Waals surface area contributed by atoms with E-state index in [4.69, 9.17) is 9.47 Å². The molecule has 4 bridgehead atoms. The van der Waals surface area contributed by atoms with E-state index in [0.29, 0.717) is 24.0 Å². The maximum atomic E-state index is 11.8. The van der Waals surface area contributed by atoms with Crippen molar-refractivity contribution in [2.45, 2.75) is 255 Å². The summed E-state index contributed by atoms with van der Waals surface area (Å²) in [4.78, 5) is 51.5. The lowest BCUT2D eigenvalue weighted by molar-refractivity contribution is -0.150. The molecule has 2 N–H and O–H groups in total. The van der Waals surface area contributed by atoms with E-state index < -0.39 is 23.8 Å². The molecule has 4 aliphatic rings. The summed E-state index contributed by atoms with van der Waals surface area (Å²) in [6.45, 7) is 4.26. The van der Waals surface area contributed by atoms with Crippen LogP contribution in [0.2, 0.25) is 0 Å². The molecule has 10 nitrogen and oxygen atoms in total. The average molecular weight is 975 g/mol. The molecule has 6 rings (SSSR count). The van der Waals surface area contributed by atoms with E-state index in [2.05, 4.69) is 37.7 Å². The van der Waals surface area contributed by atoms with Gasteiger partial charge in [0.1, 0.15) is 25.0 Å². The van der Waals surface area contributed by atoms with Gasteiger partial charge in [-0.1, -0.05) is 203 Å². The fraction of sp³-hybridized carbons (Fsp3) is 0.733. The van der Waals surface area contributed by atoms with Crippen LogP contribution in [0, 0.1) is 0 Å². The summed E-state index contributed by atoms with van der Waals surface area (Å²) in [5.74, 6) is -4.13. The second-order valence-corrected chi connectivity index (χ2v) is 20.8. The molecule has 70 heavy (non-hydrogen) atoms. The van der Waals surface area contributed by atoms with Gasteiger partial charge in [-0.2, -0.15) is 0 Å². The van der Waals surface area contributed by atoms with Crippen molar-refractivity contribution in [3.8, 4) is 0 Å². The van der Waals surface area contributed by atoms with Crippen molar-refractivity contribution in [2.75, 3.05) is 27.3 Å². The molecule has 0 amide bonds. The highest BCUT2D eigenvalue weighted by molar-refractivity contribution is 5.78. The molecule has 4 saturated heterocycles. The minimum atomic E-state index is -0.970. The van der Waals surface area contributed by atoms with Gasteiger partial charge in [0, 0.05) is 37.0 Å². The lowest BCUT2D eigenvalue weighted by Gasteiger charge is -2.30. The van der Waals surface area contributed by atoms with Gasteiger partial charge in [0.25, 0.3) is 0 Å². The number of rotatable bonds is 30. The molecule has 0 spiro atoms. The van der Waals surface area contributed by atoms with Crippen molar-refractivity contribution in [1.29, 1.82) is 0 Å². The number of unbranched alkanes of at least 4 members (excludes halogenated alkanes) is 18. The van der Waals surface area contributed by atoms with Crippen molar-refractivity contribution in [1.82, 2.24) is 9.80 Å². The van der Waals surface area contributed by atoms with Gasteiger partial charge in [0.15, 0.2) is 0 Å². The van der Waals surface area contributed by atoms with E-state index in [0.717, 1.165) is 62.7 Å². The summed E-state index contributed by atoms with van der Waals surface area (Å²) < 4.78 is 10.4. The SMILES string of the molecule is CCCCCCCCCCCC(=O)OCC(C(=O)O)c1ccccc1.CCCCCCCCCCCCCC(=O)OCC(C(=O)O)c1ccccc1.CN1C2CCCC1CC2.CN1C2CCCC1CC2. The monoisotopic (exact) mass is 975 g/mol. The van der Waals surface area contributed by atoms with Crippen molar-refractivity contribution < 1.29 is 38.9 Å². The standard InChI is InChI=1S/C23H36O4.C21H32O4.2C8H15N/c1-2-3-4-5-6-7-8-9-10-11-15-18-22(24)27-19-21(23(25)26)20-16-13-12-14-17-20;1-2-3-4-5-6-7-8-9-13-16-20(22)25-17-19(21(23)24)18-14-11-10-12-15-18;2*1-9-7-3-2-4-8(9)6-5-7/h12-14,16-17,21H,2-11,15,18-19H2,1H3,(H,25,26);10-12,14-15,19H,2-9,13,16-17H2,1H3,(H,23,24);2*7-8H,2-6H2,1H3. The van der Waals surface area contributed by atoms with E-state index >= 15 is 0 Å². The zero-order valence-electron chi connectivity index (χ0n) is 44.5. The van der Waals surface area contributed by atoms with Crippen LogP contribution in [0.5, 0.6) is 0 Å². The zero-order valence-corrected chi connectivity index (χ0v) is 44.5. The molecule has 0 aromatic heterocycles. The van der Waals surface area contributed by atoms with Crippen LogP contribution in [-0.2, 0) is 28.7 Å². The van der Waals surface area contributed by atoms with Gasteiger partial charge in [-0.15, -0.1) is 0 Å². The number of esters is 2.